The Balaban J connectivity index is 1.74. The van der Waals surface area contributed by atoms with Gasteiger partial charge in [0.1, 0.15) is 22.9 Å². The molecule has 0 fully saturated rings. The molecule has 0 amide bonds. The highest BCUT2D eigenvalue weighted by atomic mass is 35.5. The summed E-state index contributed by atoms with van der Waals surface area (Å²) < 4.78 is 20.5. The molecule has 2 atom stereocenters. The third-order valence-electron chi connectivity index (χ3n) is 7.13. The van der Waals surface area contributed by atoms with Gasteiger partial charge >= 0.3 is 11.9 Å². The maximum absolute atomic E-state index is 12.7. The van der Waals surface area contributed by atoms with Crippen molar-refractivity contribution in [3.8, 4) is 17.0 Å². The van der Waals surface area contributed by atoms with Crippen LogP contribution in [0.4, 0.5) is 0 Å². The molecule has 0 bridgehead atoms. The number of hydrogen-bond acceptors (Lipinski definition) is 5. The van der Waals surface area contributed by atoms with Crippen molar-refractivity contribution < 1.29 is 28.7 Å². The number of aliphatic carboxylic acids is 2. The van der Waals surface area contributed by atoms with Crippen molar-refractivity contribution in [2.45, 2.75) is 44.1 Å². The first-order valence-corrected chi connectivity index (χ1v) is 14.1. The number of aromatic nitrogens is 2. The van der Waals surface area contributed by atoms with E-state index in [2.05, 4.69) is 5.10 Å². The van der Waals surface area contributed by atoms with E-state index in [1.54, 1.807) is 42.9 Å². The molecule has 0 saturated heterocycles. The number of nitrogens with zero attached hydrogens (tertiary/aromatic N) is 2. The molecule has 2 unspecified atom stereocenters. The van der Waals surface area contributed by atoms with Gasteiger partial charge in [0.25, 0.3) is 0 Å². The van der Waals surface area contributed by atoms with E-state index in [1.165, 1.54) is 18.4 Å². The second kappa shape index (κ2) is 10.8. The monoisotopic (exact) mass is 568 g/mol. The van der Waals surface area contributed by atoms with Crippen LogP contribution in [0.3, 0.4) is 0 Å². The van der Waals surface area contributed by atoms with Gasteiger partial charge in [-0.25, -0.2) is 4.79 Å². The van der Waals surface area contributed by atoms with Gasteiger partial charge in [0.15, 0.2) is 0 Å². The molecule has 3 aromatic rings. The zero-order valence-corrected chi connectivity index (χ0v) is 23.8. The third kappa shape index (κ3) is 5.16. The minimum atomic E-state index is -1.66. The zero-order valence-electron chi connectivity index (χ0n) is 22.2. The van der Waals surface area contributed by atoms with Gasteiger partial charge in [-0.2, -0.15) is 5.10 Å². The lowest BCUT2D eigenvalue weighted by molar-refractivity contribution is -0.142. The molecule has 0 aliphatic heterocycles. The standard InChI is InChI=1S/C29H29ClN2O6S/c1-16-11-12-29(28(35)36,14-20(16)27(33)34)22-7-6-8-24(39(5)37)21(22)15-38-23-10-9-19(13-17(23)2)25-18(3)26(30)32(4)31-25/h6-13H,14-15H2,1-5H3,(H,33,34)(H,35,36). The summed E-state index contributed by atoms with van der Waals surface area (Å²) in [5.41, 5.74) is 2.97. The van der Waals surface area contributed by atoms with Gasteiger partial charge in [-0.05, 0) is 61.7 Å². The second-order valence-electron chi connectivity index (χ2n) is 9.65. The van der Waals surface area contributed by atoms with Gasteiger partial charge in [-0.15, -0.1) is 0 Å². The fraction of sp³-hybridized carbons (Fsp3) is 0.276. The van der Waals surface area contributed by atoms with E-state index in [0.29, 0.717) is 32.5 Å². The van der Waals surface area contributed by atoms with Crippen molar-refractivity contribution in [2.24, 2.45) is 7.05 Å². The first-order chi connectivity index (χ1) is 18.4. The van der Waals surface area contributed by atoms with Crippen molar-refractivity contribution in [1.29, 1.82) is 0 Å². The fourth-order valence-electron chi connectivity index (χ4n) is 4.93. The fourth-order valence-corrected chi connectivity index (χ4v) is 5.84. The summed E-state index contributed by atoms with van der Waals surface area (Å²) in [6, 6.07) is 10.6. The second-order valence-corrected chi connectivity index (χ2v) is 11.4. The van der Waals surface area contributed by atoms with Crippen molar-refractivity contribution in [1.82, 2.24) is 9.78 Å². The molecule has 1 aromatic heterocycles. The third-order valence-corrected chi connectivity index (χ3v) is 8.66. The maximum Gasteiger partial charge on any atom is 0.331 e. The van der Waals surface area contributed by atoms with Crippen LogP contribution in [-0.2, 0) is 39.5 Å². The van der Waals surface area contributed by atoms with Crippen LogP contribution in [-0.4, -0.2) is 42.4 Å². The Bertz CT molecular complexity index is 1590. The summed E-state index contributed by atoms with van der Waals surface area (Å²) in [5.74, 6) is -1.81. The van der Waals surface area contributed by atoms with Crippen LogP contribution >= 0.6 is 11.6 Å². The van der Waals surface area contributed by atoms with Gasteiger partial charge in [-0.3, -0.25) is 13.7 Å². The summed E-state index contributed by atoms with van der Waals surface area (Å²) in [5, 5.41) is 25.2. The molecule has 4 rings (SSSR count). The van der Waals surface area contributed by atoms with E-state index < -0.39 is 28.2 Å². The predicted molar refractivity (Wildman–Crippen MR) is 150 cm³/mol. The number of carbonyl (C=O) groups is 2. The molecule has 0 spiro atoms. The highest BCUT2D eigenvalue weighted by molar-refractivity contribution is 7.84. The number of aryl methyl sites for hydroxylation is 2. The van der Waals surface area contributed by atoms with E-state index in [4.69, 9.17) is 16.3 Å². The number of hydrogen-bond donors (Lipinski definition) is 2. The van der Waals surface area contributed by atoms with Crippen LogP contribution in [0.25, 0.3) is 11.3 Å². The van der Waals surface area contributed by atoms with Gasteiger partial charge < -0.3 is 14.9 Å². The topological polar surface area (TPSA) is 119 Å². The van der Waals surface area contributed by atoms with E-state index in [9.17, 15) is 24.0 Å². The number of allylic oxidation sites excluding steroid dienone is 2. The summed E-state index contributed by atoms with van der Waals surface area (Å²) in [4.78, 5) is 25.1. The van der Waals surface area contributed by atoms with Crippen LogP contribution < -0.4 is 4.74 Å². The molecule has 1 aliphatic carbocycles. The molecule has 10 heteroatoms. The molecule has 2 aromatic carbocycles. The summed E-state index contributed by atoms with van der Waals surface area (Å²) in [6.45, 7) is 5.37. The van der Waals surface area contributed by atoms with Gasteiger partial charge in [0.05, 0.1) is 16.5 Å². The first-order valence-electron chi connectivity index (χ1n) is 12.1. The Morgan fingerprint density at radius 1 is 1.18 bits per heavy atom. The lowest BCUT2D eigenvalue weighted by atomic mass is 9.70. The van der Waals surface area contributed by atoms with Crippen molar-refractivity contribution in [3.63, 3.8) is 0 Å². The molecule has 2 N–H and O–H groups in total. The SMILES string of the molecule is CC1=C(C(=O)O)CC(C(=O)O)(c2cccc(S(C)=O)c2COc2ccc(-c3nn(C)c(Cl)c3C)cc2C)C=C1. The normalized spacial score (nSPS) is 17.8. The van der Waals surface area contributed by atoms with Crippen molar-refractivity contribution in [2.75, 3.05) is 6.26 Å². The molecule has 39 heavy (non-hydrogen) atoms. The molecule has 0 radical (unpaired) electrons. The molecule has 8 nitrogen and oxygen atoms in total. The number of ether oxygens (including phenoxy) is 1. The van der Waals surface area contributed by atoms with Crippen LogP contribution in [0, 0.1) is 13.8 Å². The Morgan fingerprint density at radius 3 is 2.46 bits per heavy atom. The van der Waals surface area contributed by atoms with Crippen LogP contribution in [0.5, 0.6) is 5.75 Å². The average molecular weight is 569 g/mol. The van der Waals surface area contributed by atoms with Crippen LogP contribution in [0.2, 0.25) is 5.15 Å². The van der Waals surface area contributed by atoms with Gasteiger partial charge in [-0.1, -0.05) is 35.9 Å². The van der Waals surface area contributed by atoms with Crippen LogP contribution in [0.15, 0.2) is 64.6 Å². The number of benzene rings is 2. The number of rotatable bonds is 8. The predicted octanol–water partition coefficient (Wildman–Crippen LogP) is 5.36. The molecular weight excluding hydrogens is 540 g/mol. The average Bonchev–Trinajstić information content (AvgIpc) is 3.15. The Kier molecular flexibility index (Phi) is 7.86. The summed E-state index contributed by atoms with van der Waals surface area (Å²) >= 11 is 6.29. The van der Waals surface area contributed by atoms with Crippen molar-refractivity contribution >= 4 is 34.3 Å². The smallest absolute Gasteiger partial charge is 0.331 e. The Morgan fingerprint density at radius 2 is 1.90 bits per heavy atom. The van der Waals surface area contributed by atoms with E-state index in [-0.39, 0.29) is 18.6 Å². The largest absolute Gasteiger partial charge is 0.489 e. The minimum Gasteiger partial charge on any atom is -0.489 e. The van der Waals surface area contributed by atoms with Crippen molar-refractivity contribution in [3.05, 3.63) is 87.1 Å². The number of carboxylic acids is 2. The number of carboxylic acid groups (broad SMARTS) is 2. The lowest BCUT2D eigenvalue weighted by Gasteiger charge is -2.32. The summed E-state index contributed by atoms with van der Waals surface area (Å²) in [7, 11) is 0.321. The number of halogens is 1. The van der Waals surface area contributed by atoms with E-state index >= 15 is 0 Å². The molecule has 1 aliphatic rings. The van der Waals surface area contributed by atoms with Gasteiger partial charge in [0, 0.05) is 46.9 Å². The van der Waals surface area contributed by atoms with E-state index in [1.807, 2.05) is 26.0 Å². The first kappa shape index (κ1) is 28.3. The molecule has 1 heterocycles. The lowest BCUT2D eigenvalue weighted by Crippen LogP contribution is -2.38. The Hall–Kier alpha value is -3.69. The van der Waals surface area contributed by atoms with E-state index in [0.717, 1.165) is 22.4 Å². The van der Waals surface area contributed by atoms with Crippen LogP contribution in [0.1, 0.15) is 35.6 Å². The Labute approximate surface area is 234 Å². The zero-order chi connectivity index (χ0) is 28.6. The highest BCUT2D eigenvalue weighted by Crippen LogP contribution is 2.41. The van der Waals surface area contributed by atoms with Gasteiger partial charge in [0.2, 0.25) is 0 Å². The minimum absolute atomic E-state index is 0.0196. The molecule has 204 valence electrons. The summed E-state index contributed by atoms with van der Waals surface area (Å²) in [6.07, 6.45) is 4.31. The quantitative estimate of drug-likeness (QED) is 0.375. The highest BCUT2D eigenvalue weighted by Gasteiger charge is 2.44. The molecule has 0 saturated carbocycles. The maximum atomic E-state index is 12.7. The molecular formula is C29H29ClN2O6S.